The molecule has 0 aliphatic heterocycles. The van der Waals surface area contributed by atoms with E-state index in [9.17, 15) is 23.3 Å². The highest BCUT2D eigenvalue weighted by atomic mass is 32.2. The van der Waals surface area contributed by atoms with Crippen molar-refractivity contribution in [1.82, 2.24) is 9.78 Å². The molecule has 3 aromatic rings. The Morgan fingerprint density at radius 2 is 1.69 bits per heavy atom. The summed E-state index contributed by atoms with van der Waals surface area (Å²) in [6.07, 6.45) is 2.11. The summed E-state index contributed by atoms with van der Waals surface area (Å²) in [6.45, 7) is 0. The molecule has 0 saturated carbocycles. The quantitative estimate of drug-likeness (QED) is 0.412. The summed E-state index contributed by atoms with van der Waals surface area (Å²) < 4.78 is 24.1. The zero-order valence-corrected chi connectivity index (χ0v) is 14.0. The van der Waals surface area contributed by atoms with Gasteiger partial charge >= 0.3 is 0 Å². The van der Waals surface area contributed by atoms with Gasteiger partial charge in [-0.25, -0.2) is 18.2 Å². The second-order valence-electron chi connectivity index (χ2n) is 5.34. The lowest BCUT2D eigenvalue weighted by atomic mass is 10.1. The van der Waals surface area contributed by atoms with Crippen LogP contribution in [-0.4, -0.2) is 29.4 Å². The van der Waals surface area contributed by atoms with Gasteiger partial charge < -0.3 is 0 Å². The van der Waals surface area contributed by atoms with Gasteiger partial charge in [0.05, 0.1) is 21.1 Å². The number of aldehydes is 1. The molecule has 0 spiro atoms. The van der Waals surface area contributed by atoms with E-state index in [-0.39, 0.29) is 16.1 Å². The monoisotopic (exact) mass is 372 g/mol. The number of aromatic nitrogens is 2. The summed E-state index contributed by atoms with van der Waals surface area (Å²) in [6, 6.07) is 11.3. The first-order chi connectivity index (χ1) is 12.3. The first-order valence-electron chi connectivity index (χ1n) is 7.22. The van der Waals surface area contributed by atoms with Gasteiger partial charge in [0, 0.05) is 23.9 Å². The van der Waals surface area contributed by atoms with Crippen molar-refractivity contribution >= 4 is 22.0 Å². The fourth-order valence-corrected chi connectivity index (χ4v) is 2.88. The van der Waals surface area contributed by atoms with Crippen molar-refractivity contribution in [2.75, 3.05) is 0 Å². The van der Waals surface area contributed by atoms with Crippen LogP contribution in [0.15, 0.2) is 59.6 Å². The Hall–Kier alpha value is -3.37. The first kappa shape index (κ1) is 17.5. The fraction of sp³-hybridized carbons (Fsp3) is 0. The zero-order valence-electron chi connectivity index (χ0n) is 13.1. The number of carbonyl (C=O) groups excluding carboxylic acids is 1. The number of hydrogen-bond donors (Lipinski definition) is 1. The van der Waals surface area contributed by atoms with Crippen LogP contribution in [0.3, 0.4) is 0 Å². The number of hydrogen-bond acceptors (Lipinski definition) is 6. The van der Waals surface area contributed by atoms with Gasteiger partial charge in [-0.3, -0.25) is 14.9 Å². The lowest BCUT2D eigenvalue weighted by molar-refractivity contribution is -0.384. The Morgan fingerprint density at radius 1 is 1.08 bits per heavy atom. The van der Waals surface area contributed by atoms with Gasteiger partial charge in [-0.15, -0.1) is 0 Å². The minimum atomic E-state index is -3.82. The number of benzene rings is 2. The van der Waals surface area contributed by atoms with Gasteiger partial charge in [0.1, 0.15) is 5.69 Å². The number of non-ortho nitro benzene ring substituents is 1. The molecule has 0 atom stereocenters. The molecule has 0 fully saturated rings. The van der Waals surface area contributed by atoms with Crippen LogP contribution in [-0.2, 0) is 10.0 Å². The highest BCUT2D eigenvalue weighted by molar-refractivity contribution is 7.89. The molecule has 0 aliphatic carbocycles. The number of sulfonamides is 1. The Morgan fingerprint density at radius 3 is 2.19 bits per heavy atom. The van der Waals surface area contributed by atoms with Crippen LogP contribution in [0.5, 0.6) is 0 Å². The SMILES string of the molecule is NS(=O)(=O)c1ccc(-c2nn(-c3ccc([N+](=O)[O-])cc3)cc2C=O)cc1. The number of nitrogens with two attached hydrogens (primary N) is 1. The minimum Gasteiger partial charge on any atom is -0.298 e. The summed E-state index contributed by atoms with van der Waals surface area (Å²) in [5, 5.41) is 20.1. The lowest BCUT2D eigenvalue weighted by Gasteiger charge is -2.02. The molecule has 132 valence electrons. The van der Waals surface area contributed by atoms with Crippen LogP contribution in [0, 0.1) is 10.1 Å². The van der Waals surface area contributed by atoms with Crippen LogP contribution in [0.25, 0.3) is 16.9 Å². The Bertz CT molecular complexity index is 1090. The Kier molecular flexibility index (Phi) is 4.36. The normalized spacial score (nSPS) is 11.3. The zero-order chi connectivity index (χ0) is 18.9. The third-order valence-electron chi connectivity index (χ3n) is 3.65. The second kappa shape index (κ2) is 6.50. The van der Waals surface area contributed by atoms with E-state index in [2.05, 4.69) is 5.10 Å². The Labute approximate surface area is 147 Å². The fourth-order valence-electron chi connectivity index (χ4n) is 2.36. The molecule has 0 amide bonds. The van der Waals surface area contributed by atoms with E-state index in [0.29, 0.717) is 23.2 Å². The van der Waals surface area contributed by atoms with E-state index in [1.807, 2.05) is 0 Å². The van der Waals surface area contributed by atoms with E-state index in [1.165, 1.54) is 59.4 Å². The molecule has 10 heteroatoms. The summed E-state index contributed by atoms with van der Waals surface area (Å²) in [4.78, 5) is 21.5. The third-order valence-corrected chi connectivity index (χ3v) is 4.58. The largest absolute Gasteiger partial charge is 0.298 e. The molecule has 2 aromatic carbocycles. The van der Waals surface area contributed by atoms with Crippen molar-refractivity contribution < 1.29 is 18.1 Å². The molecule has 3 rings (SSSR count). The van der Waals surface area contributed by atoms with E-state index in [1.54, 1.807) is 0 Å². The van der Waals surface area contributed by atoms with Gasteiger partial charge in [-0.1, -0.05) is 12.1 Å². The molecule has 1 aromatic heterocycles. The summed E-state index contributed by atoms with van der Waals surface area (Å²) >= 11 is 0. The number of nitrogens with zero attached hydrogens (tertiary/aromatic N) is 3. The standard InChI is InChI=1S/C16H12N4O5S/c17-26(24,25)15-7-1-11(2-8-15)16-12(10-21)9-19(18-16)13-3-5-14(6-4-13)20(22)23/h1-10H,(H2,17,24,25). The molecule has 0 aliphatic rings. The minimum absolute atomic E-state index is 0.0521. The van der Waals surface area contributed by atoms with Crippen molar-refractivity contribution in [1.29, 1.82) is 0 Å². The second-order valence-corrected chi connectivity index (χ2v) is 6.90. The summed E-state index contributed by atoms with van der Waals surface area (Å²) in [5.74, 6) is 0. The number of rotatable bonds is 5. The van der Waals surface area contributed by atoms with Gasteiger partial charge in [0.25, 0.3) is 5.69 Å². The van der Waals surface area contributed by atoms with Crippen molar-refractivity contribution in [2.45, 2.75) is 4.90 Å². The molecule has 1 heterocycles. The maximum absolute atomic E-state index is 11.4. The van der Waals surface area contributed by atoms with E-state index < -0.39 is 14.9 Å². The molecule has 0 radical (unpaired) electrons. The van der Waals surface area contributed by atoms with E-state index >= 15 is 0 Å². The topological polar surface area (TPSA) is 138 Å². The predicted octanol–water partition coefficient (Wildman–Crippen LogP) is 1.91. The number of primary sulfonamides is 1. The lowest BCUT2D eigenvalue weighted by Crippen LogP contribution is -2.11. The Balaban J connectivity index is 2.01. The van der Waals surface area contributed by atoms with Crippen molar-refractivity contribution in [3.8, 4) is 16.9 Å². The van der Waals surface area contributed by atoms with E-state index in [0.717, 1.165) is 0 Å². The average Bonchev–Trinajstić information content (AvgIpc) is 3.05. The highest BCUT2D eigenvalue weighted by Gasteiger charge is 2.14. The van der Waals surface area contributed by atoms with E-state index in [4.69, 9.17) is 5.14 Å². The summed E-state index contributed by atoms with van der Waals surface area (Å²) in [7, 11) is -3.82. The maximum atomic E-state index is 11.4. The van der Waals surface area contributed by atoms with Crippen molar-refractivity contribution in [2.24, 2.45) is 5.14 Å². The van der Waals surface area contributed by atoms with Crippen LogP contribution in [0.1, 0.15) is 10.4 Å². The van der Waals surface area contributed by atoms with Crippen LogP contribution < -0.4 is 5.14 Å². The highest BCUT2D eigenvalue weighted by Crippen LogP contribution is 2.24. The van der Waals surface area contributed by atoms with Gasteiger partial charge in [-0.05, 0) is 24.3 Å². The first-order valence-corrected chi connectivity index (χ1v) is 8.77. The van der Waals surface area contributed by atoms with Gasteiger partial charge in [0.15, 0.2) is 6.29 Å². The molecule has 0 saturated heterocycles. The van der Waals surface area contributed by atoms with Crippen LogP contribution in [0.4, 0.5) is 5.69 Å². The number of nitro benzene ring substituents is 1. The van der Waals surface area contributed by atoms with Crippen molar-refractivity contribution in [3.05, 3.63) is 70.4 Å². The molecule has 2 N–H and O–H groups in total. The number of nitro groups is 1. The molecular weight excluding hydrogens is 360 g/mol. The molecular formula is C16H12N4O5S. The smallest absolute Gasteiger partial charge is 0.269 e. The molecule has 9 nitrogen and oxygen atoms in total. The molecule has 0 bridgehead atoms. The third kappa shape index (κ3) is 3.36. The summed E-state index contributed by atoms with van der Waals surface area (Å²) in [5.41, 5.74) is 1.63. The molecule has 26 heavy (non-hydrogen) atoms. The van der Waals surface area contributed by atoms with Gasteiger partial charge in [-0.2, -0.15) is 5.10 Å². The van der Waals surface area contributed by atoms with Gasteiger partial charge in [0.2, 0.25) is 10.0 Å². The van der Waals surface area contributed by atoms with Crippen LogP contribution >= 0.6 is 0 Å². The average molecular weight is 372 g/mol. The maximum Gasteiger partial charge on any atom is 0.269 e. The molecule has 0 unspecified atom stereocenters. The van der Waals surface area contributed by atoms with Crippen molar-refractivity contribution in [3.63, 3.8) is 0 Å². The number of carbonyl (C=O) groups is 1. The predicted molar refractivity (Wildman–Crippen MR) is 92.4 cm³/mol. The van der Waals surface area contributed by atoms with Crippen LogP contribution in [0.2, 0.25) is 0 Å².